The van der Waals surface area contributed by atoms with Crippen molar-refractivity contribution < 1.29 is 73.1 Å². The first-order valence-corrected chi connectivity index (χ1v) is 20.6. The third-order valence-electron chi connectivity index (χ3n) is 12.5. The molecule has 0 saturated carbocycles. The van der Waals surface area contributed by atoms with E-state index in [-0.39, 0.29) is 44.8 Å². The molecule has 17 heteroatoms. The molecular formula is C41H76N2O15. The Morgan fingerprint density at radius 1 is 0.931 bits per heavy atom. The number of hydrogen-bond donors (Lipinski definition) is 6. The average Bonchev–Trinajstić information content (AvgIpc) is 3.15. The first-order valence-electron chi connectivity index (χ1n) is 20.6. The summed E-state index contributed by atoms with van der Waals surface area (Å²) in [4.78, 5) is 21.9. The van der Waals surface area contributed by atoms with Crippen molar-refractivity contribution in [2.24, 2.45) is 17.8 Å². The number of likely N-dealkylation sites (N-methyl/N-ethyl adjacent to an activating group) is 1. The Labute approximate surface area is 345 Å². The molecule has 0 aliphatic carbocycles. The molecule has 0 spiro atoms. The van der Waals surface area contributed by atoms with Gasteiger partial charge in [0.25, 0.3) is 0 Å². The SMILES string of the molecule is CC[C@H]1OC(=O)[C@H](C)[C@@H](O[C@H]2C[C@@](C)(OC)[C@@H](O)[C@H](C)O2)[C@H](C)[C@@H](O[C@@H]2O[C@H](C)C[C@H](N(C)C)[C@H]2O)[C@](C)(O)CC(C)=C(NOCOCCOC)[C@H](C)[C@@H](O)[C@]1(C)O. The van der Waals surface area contributed by atoms with Crippen LogP contribution in [0.2, 0.25) is 0 Å². The van der Waals surface area contributed by atoms with Gasteiger partial charge in [-0.15, -0.1) is 0 Å². The topological polar surface area (TPSA) is 217 Å². The number of ether oxygens (including phenoxy) is 8. The Balaban J connectivity index is 2.24. The van der Waals surface area contributed by atoms with E-state index in [0.29, 0.717) is 24.3 Å². The minimum absolute atomic E-state index is 0.0828. The number of rotatable bonds is 14. The van der Waals surface area contributed by atoms with Crippen LogP contribution in [0, 0.1) is 17.8 Å². The van der Waals surface area contributed by atoms with Gasteiger partial charge in [-0.05, 0) is 81.0 Å². The number of aliphatic hydroxyl groups excluding tert-OH is 3. The fourth-order valence-corrected chi connectivity index (χ4v) is 8.78. The molecule has 2 saturated heterocycles. The number of nitrogens with one attached hydrogen (secondary N) is 1. The zero-order chi connectivity index (χ0) is 43.9. The Morgan fingerprint density at radius 2 is 1.59 bits per heavy atom. The lowest BCUT2D eigenvalue weighted by molar-refractivity contribution is -0.317. The summed E-state index contributed by atoms with van der Waals surface area (Å²) in [6.45, 7) is 17.3. The maximum absolute atomic E-state index is 14.3. The molecule has 17 atom stereocenters. The van der Waals surface area contributed by atoms with Crippen LogP contribution in [-0.2, 0) is 47.5 Å². The fraction of sp³-hybridized carbons (Fsp3) is 0.927. The predicted octanol–water partition coefficient (Wildman–Crippen LogP) is 2.00. The largest absolute Gasteiger partial charge is 0.459 e. The molecule has 3 heterocycles. The lowest BCUT2D eigenvalue weighted by atomic mass is 9.76. The van der Waals surface area contributed by atoms with Crippen molar-refractivity contribution >= 4 is 5.97 Å². The second-order valence-corrected chi connectivity index (χ2v) is 17.6. The van der Waals surface area contributed by atoms with Gasteiger partial charge in [-0.2, -0.15) is 0 Å². The Hall–Kier alpha value is -1.55. The number of hydroxylamine groups is 1. The molecule has 3 rings (SSSR count). The molecule has 6 N–H and O–H groups in total. The summed E-state index contributed by atoms with van der Waals surface area (Å²) < 4.78 is 48.2. The lowest BCUT2D eigenvalue weighted by Gasteiger charge is -2.49. The van der Waals surface area contributed by atoms with Crippen molar-refractivity contribution in [1.82, 2.24) is 10.4 Å². The predicted molar refractivity (Wildman–Crippen MR) is 212 cm³/mol. The molecule has 3 aliphatic rings. The number of nitrogens with zero attached hydrogens (tertiary/aromatic N) is 1. The maximum atomic E-state index is 14.3. The number of cyclic esters (lactones) is 1. The van der Waals surface area contributed by atoms with E-state index in [1.165, 1.54) is 14.0 Å². The van der Waals surface area contributed by atoms with Crippen LogP contribution in [0.5, 0.6) is 0 Å². The highest BCUT2D eigenvalue weighted by Crippen LogP contribution is 2.41. The highest BCUT2D eigenvalue weighted by Gasteiger charge is 2.52. The second-order valence-electron chi connectivity index (χ2n) is 17.6. The van der Waals surface area contributed by atoms with E-state index >= 15 is 0 Å². The Morgan fingerprint density at radius 3 is 2.17 bits per heavy atom. The quantitative estimate of drug-likeness (QED) is 0.0639. The van der Waals surface area contributed by atoms with Gasteiger partial charge in [-0.25, -0.2) is 4.84 Å². The summed E-state index contributed by atoms with van der Waals surface area (Å²) in [5.41, 5.74) is -1.03. The number of esters is 1. The molecule has 58 heavy (non-hydrogen) atoms. The number of methoxy groups -OCH3 is 2. The highest BCUT2D eigenvalue weighted by atomic mass is 16.8. The van der Waals surface area contributed by atoms with Crippen LogP contribution in [0.4, 0.5) is 0 Å². The number of carbonyl (C=O) groups excluding carboxylic acids is 1. The highest BCUT2D eigenvalue weighted by molar-refractivity contribution is 5.73. The number of hydrogen-bond acceptors (Lipinski definition) is 17. The fourth-order valence-electron chi connectivity index (χ4n) is 8.78. The summed E-state index contributed by atoms with van der Waals surface area (Å²) in [5, 5.41) is 59.2. The summed E-state index contributed by atoms with van der Waals surface area (Å²) in [6.07, 6.45) is -9.54. The van der Waals surface area contributed by atoms with E-state index in [1.54, 1.807) is 62.5 Å². The van der Waals surface area contributed by atoms with Crippen LogP contribution in [0.1, 0.15) is 94.9 Å². The van der Waals surface area contributed by atoms with Gasteiger partial charge in [-0.1, -0.05) is 20.8 Å². The van der Waals surface area contributed by atoms with E-state index in [9.17, 15) is 30.3 Å². The van der Waals surface area contributed by atoms with Gasteiger partial charge in [0.1, 0.15) is 23.9 Å². The molecule has 0 unspecified atom stereocenters. The Bertz CT molecular complexity index is 1320. The zero-order valence-corrected chi connectivity index (χ0v) is 37.3. The summed E-state index contributed by atoms with van der Waals surface area (Å²) in [6, 6.07) is -0.328. The van der Waals surface area contributed by atoms with Crippen molar-refractivity contribution in [3.63, 3.8) is 0 Å². The third-order valence-corrected chi connectivity index (χ3v) is 12.5. The van der Waals surface area contributed by atoms with Crippen molar-refractivity contribution in [1.29, 1.82) is 0 Å². The minimum atomic E-state index is -1.96. The monoisotopic (exact) mass is 837 g/mol. The minimum Gasteiger partial charge on any atom is -0.459 e. The van der Waals surface area contributed by atoms with Crippen molar-refractivity contribution in [2.45, 2.75) is 179 Å². The normalized spacial score (nSPS) is 43.9. The Kier molecular flexibility index (Phi) is 18.8. The van der Waals surface area contributed by atoms with E-state index < -0.39 is 95.8 Å². The zero-order valence-electron chi connectivity index (χ0n) is 37.3. The van der Waals surface area contributed by atoms with Crippen LogP contribution < -0.4 is 5.48 Å². The van der Waals surface area contributed by atoms with Crippen LogP contribution in [-0.4, -0.2) is 169 Å². The summed E-state index contributed by atoms with van der Waals surface area (Å²) in [7, 11) is 6.76. The van der Waals surface area contributed by atoms with Gasteiger partial charge < -0.3 is 68.3 Å². The van der Waals surface area contributed by atoms with Gasteiger partial charge in [0.2, 0.25) is 0 Å². The lowest BCUT2D eigenvalue weighted by Crippen LogP contribution is -2.60. The molecule has 3 aliphatic heterocycles. The maximum Gasteiger partial charge on any atom is 0.311 e. The molecule has 0 aromatic carbocycles. The van der Waals surface area contributed by atoms with Crippen LogP contribution in [0.25, 0.3) is 0 Å². The van der Waals surface area contributed by atoms with Gasteiger partial charge in [0.05, 0.1) is 60.9 Å². The first-order chi connectivity index (χ1) is 27.0. The van der Waals surface area contributed by atoms with E-state index in [0.717, 1.165) is 0 Å². The standard InChI is InChI=1S/C41H76N2O15/c1-15-29-41(10,49)34(45)24(4)31(42-53-21-52-17-16-50-13)22(2)19-39(8,48)36(58-38-32(44)28(43(11)12)18-23(3)54-38)25(5)33(26(6)37(47)56-29)57-30-20-40(9,51-14)35(46)27(7)55-30/h23-30,32-36,38,42,44-46,48-49H,15-21H2,1-14H3/t23-,24+,25+,26-,27+,28+,29-,30+,32-,33+,34-,35+,36-,38+,39-,40-,41-/m1/s1. The first kappa shape index (κ1) is 50.8. The van der Waals surface area contributed by atoms with Gasteiger partial charge >= 0.3 is 5.97 Å². The third kappa shape index (κ3) is 12.1. The molecule has 17 nitrogen and oxygen atoms in total. The molecule has 2 fully saturated rings. The molecule has 0 amide bonds. The number of carbonyl (C=O) groups is 1. The molecule has 340 valence electrons. The van der Waals surface area contributed by atoms with E-state index in [2.05, 4.69) is 5.48 Å². The van der Waals surface area contributed by atoms with Crippen molar-refractivity contribution in [3.05, 3.63) is 11.3 Å². The van der Waals surface area contributed by atoms with Crippen molar-refractivity contribution in [2.75, 3.05) is 48.3 Å². The smallest absolute Gasteiger partial charge is 0.311 e. The summed E-state index contributed by atoms with van der Waals surface area (Å²) >= 11 is 0. The molecular weight excluding hydrogens is 760 g/mol. The van der Waals surface area contributed by atoms with E-state index in [1.807, 2.05) is 25.9 Å². The van der Waals surface area contributed by atoms with Crippen LogP contribution in [0.3, 0.4) is 0 Å². The second kappa shape index (κ2) is 21.5. The summed E-state index contributed by atoms with van der Waals surface area (Å²) in [5.74, 6) is -3.50. The average molecular weight is 837 g/mol. The molecule has 0 radical (unpaired) electrons. The molecule has 0 aromatic heterocycles. The van der Waals surface area contributed by atoms with Gasteiger partial charge in [0, 0.05) is 50.6 Å². The van der Waals surface area contributed by atoms with Crippen LogP contribution in [0.15, 0.2) is 11.3 Å². The van der Waals surface area contributed by atoms with Gasteiger partial charge in [0.15, 0.2) is 19.4 Å². The molecule has 0 aromatic rings. The van der Waals surface area contributed by atoms with Crippen molar-refractivity contribution in [3.8, 4) is 0 Å². The number of aliphatic hydroxyl groups is 5. The molecule has 0 bridgehead atoms. The van der Waals surface area contributed by atoms with Crippen LogP contribution >= 0.6 is 0 Å². The van der Waals surface area contributed by atoms with Gasteiger partial charge in [-0.3, -0.25) is 10.3 Å². The van der Waals surface area contributed by atoms with E-state index in [4.69, 9.17) is 42.7 Å².